The molecule has 2 heterocycles. The van der Waals surface area contributed by atoms with Crippen LogP contribution in [0.4, 0.5) is 0 Å². The Bertz CT molecular complexity index is 1120. The summed E-state index contributed by atoms with van der Waals surface area (Å²) >= 11 is 1.50. The van der Waals surface area contributed by atoms with Gasteiger partial charge in [-0.2, -0.15) is 0 Å². The number of rotatable bonds is 8. The Hall–Kier alpha value is -2.36. The third-order valence-electron chi connectivity index (χ3n) is 4.77. The number of methoxy groups -OCH3 is 2. The van der Waals surface area contributed by atoms with Crippen LogP contribution in [-0.2, 0) is 23.5 Å². The molecule has 7 nitrogen and oxygen atoms in total. The number of hydrogen-bond donors (Lipinski definition) is 1. The summed E-state index contributed by atoms with van der Waals surface area (Å²) in [5, 5.41) is 2.76. The highest BCUT2D eigenvalue weighted by Crippen LogP contribution is 2.30. The van der Waals surface area contributed by atoms with Crippen LogP contribution in [0.15, 0.2) is 34.5 Å². The molecule has 0 radical (unpaired) electrons. The van der Waals surface area contributed by atoms with Crippen molar-refractivity contribution in [3.63, 3.8) is 0 Å². The fraction of sp³-hybridized carbons (Fsp3) is 0.350. The molecule has 0 aliphatic heterocycles. The van der Waals surface area contributed by atoms with E-state index in [9.17, 15) is 8.42 Å². The van der Waals surface area contributed by atoms with Gasteiger partial charge in [-0.1, -0.05) is 6.07 Å². The van der Waals surface area contributed by atoms with Crippen LogP contribution in [0.2, 0.25) is 0 Å². The smallest absolute Gasteiger partial charge is 0.242 e. The molecule has 29 heavy (non-hydrogen) atoms. The molecule has 0 aliphatic carbocycles. The van der Waals surface area contributed by atoms with Crippen molar-refractivity contribution in [2.45, 2.75) is 25.2 Å². The van der Waals surface area contributed by atoms with Gasteiger partial charge in [-0.3, -0.25) is 0 Å². The van der Waals surface area contributed by atoms with Crippen molar-refractivity contribution in [1.82, 2.24) is 14.3 Å². The first kappa shape index (κ1) is 21.4. The van der Waals surface area contributed by atoms with Gasteiger partial charge in [-0.15, -0.1) is 11.3 Å². The molecular formula is C20H25N3O4S2. The molecule has 0 atom stereocenters. The largest absolute Gasteiger partial charge is 0.493 e. The summed E-state index contributed by atoms with van der Waals surface area (Å²) in [5.74, 6) is 1.26. The Kier molecular flexibility index (Phi) is 6.30. The highest BCUT2D eigenvalue weighted by molar-refractivity contribution is 7.89. The number of aryl methyl sites for hydroxylation is 1. The third-order valence-corrected chi connectivity index (χ3v) is 7.33. The average molecular weight is 436 g/mol. The highest BCUT2D eigenvalue weighted by Gasteiger charge is 2.23. The van der Waals surface area contributed by atoms with Crippen molar-refractivity contribution in [2.75, 3.05) is 20.8 Å². The summed E-state index contributed by atoms with van der Waals surface area (Å²) in [6.45, 7) is 3.99. The summed E-state index contributed by atoms with van der Waals surface area (Å²) < 4.78 is 40.9. The second-order valence-electron chi connectivity index (χ2n) is 6.67. The van der Waals surface area contributed by atoms with E-state index in [1.807, 2.05) is 42.1 Å². The maximum Gasteiger partial charge on any atom is 0.242 e. The van der Waals surface area contributed by atoms with Crippen molar-refractivity contribution in [3.8, 4) is 22.2 Å². The van der Waals surface area contributed by atoms with E-state index in [0.29, 0.717) is 23.6 Å². The van der Waals surface area contributed by atoms with Crippen LogP contribution in [0.5, 0.6) is 11.5 Å². The van der Waals surface area contributed by atoms with Crippen molar-refractivity contribution in [2.24, 2.45) is 7.05 Å². The number of thiazole rings is 1. The van der Waals surface area contributed by atoms with Gasteiger partial charge in [0.2, 0.25) is 10.0 Å². The molecule has 0 fully saturated rings. The minimum absolute atomic E-state index is 0.273. The Morgan fingerprint density at radius 1 is 1.14 bits per heavy atom. The number of benzene rings is 1. The van der Waals surface area contributed by atoms with E-state index in [4.69, 9.17) is 9.47 Å². The number of ether oxygens (including phenoxy) is 2. The molecule has 3 aromatic rings. The van der Waals surface area contributed by atoms with Gasteiger partial charge < -0.3 is 14.0 Å². The lowest BCUT2D eigenvalue weighted by molar-refractivity contribution is 0.354. The fourth-order valence-electron chi connectivity index (χ4n) is 3.06. The van der Waals surface area contributed by atoms with E-state index in [2.05, 4.69) is 9.71 Å². The summed E-state index contributed by atoms with van der Waals surface area (Å²) in [5.41, 5.74) is 3.34. The van der Waals surface area contributed by atoms with Crippen molar-refractivity contribution < 1.29 is 17.9 Å². The van der Waals surface area contributed by atoms with Crippen LogP contribution >= 0.6 is 11.3 Å². The number of nitrogens with zero attached hydrogens (tertiary/aromatic N) is 2. The van der Waals surface area contributed by atoms with Crippen LogP contribution in [-0.4, -0.2) is 38.7 Å². The Morgan fingerprint density at radius 3 is 2.48 bits per heavy atom. The topological polar surface area (TPSA) is 82.5 Å². The molecular weight excluding hydrogens is 410 g/mol. The Morgan fingerprint density at radius 2 is 1.86 bits per heavy atom. The van der Waals surface area contributed by atoms with E-state index in [0.717, 1.165) is 22.0 Å². The van der Waals surface area contributed by atoms with Crippen LogP contribution in [0.1, 0.15) is 17.0 Å². The molecule has 0 saturated carbocycles. The minimum atomic E-state index is -3.64. The first-order chi connectivity index (χ1) is 13.8. The van der Waals surface area contributed by atoms with Gasteiger partial charge in [0.05, 0.1) is 19.9 Å². The van der Waals surface area contributed by atoms with E-state index in [-0.39, 0.29) is 11.4 Å². The monoisotopic (exact) mass is 435 g/mol. The predicted octanol–water partition coefficient (Wildman–Crippen LogP) is 3.30. The van der Waals surface area contributed by atoms with E-state index in [1.54, 1.807) is 27.2 Å². The van der Waals surface area contributed by atoms with Crippen LogP contribution in [0.25, 0.3) is 10.7 Å². The maximum absolute atomic E-state index is 12.9. The van der Waals surface area contributed by atoms with Gasteiger partial charge in [0.1, 0.15) is 9.90 Å². The molecule has 0 bridgehead atoms. The average Bonchev–Trinajstić information content (AvgIpc) is 3.25. The van der Waals surface area contributed by atoms with Crippen LogP contribution in [0, 0.1) is 13.8 Å². The molecule has 3 rings (SSSR count). The van der Waals surface area contributed by atoms with Gasteiger partial charge in [0.15, 0.2) is 11.5 Å². The lowest BCUT2D eigenvalue weighted by Gasteiger charge is -2.10. The summed E-state index contributed by atoms with van der Waals surface area (Å²) in [7, 11) is 1.36. The molecule has 0 amide bonds. The number of hydrogen-bond acceptors (Lipinski definition) is 6. The zero-order valence-corrected chi connectivity index (χ0v) is 18.8. The summed E-state index contributed by atoms with van der Waals surface area (Å²) in [6.07, 6.45) is 0.532. The Balaban J connectivity index is 1.75. The zero-order valence-electron chi connectivity index (χ0n) is 17.1. The highest BCUT2D eigenvalue weighted by atomic mass is 32.2. The number of aromatic nitrogens is 2. The molecule has 0 spiro atoms. The SMILES string of the molecule is COc1ccc(CCNS(=O)(=O)c2cc(-c3nc(C)cs3)n(C)c2C)cc1OC. The van der Waals surface area contributed by atoms with Gasteiger partial charge in [-0.25, -0.2) is 18.1 Å². The van der Waals surface area contributed by atoms with Crippen molar-refractivity contribution >= 4 is 21.4 Å². The molecule has 2 aromatic heterocycles. The lowest BCUT2D eigenvalue weighted by Crippen LogP contribution is -2.26. The molecule has 1 N–H and O–H groups in total. The molecule has 0 saturated heterocycles. The fourth-order valence-corrected chi connectivity index (χ4v) is 5.23. The maximum atomic E-state index is 12.9. The van der Waals surface area contributed by atoms with Gasteiger partial charge in [0, 0.05) is 30.4 Å². The molecule has 156 valence electrons. The zero-order chi connectivity index (χ0) is 21.2. The second-order valence-corrected chi connectivity index (χ2v) is 9.26. The number of nitrogens with one attached hydrogen (secondary N) is 1. The summed E-state index contributed by atoms with van der Waals surface area (Å²) in [6, 6.07) is 7.24. The Labute approximate surface area is 175 Å². The van der Waals surface area contributed by atoms with Crippen molar-refractivity contribution in [3.05, 3.63) is 46.6 Å². The van der Waals surface area contributed by atoms with Gasteiger partial charge >= 0.3 is 0 Å². The predicted molar refractivity (Wildman–Crippen MR) is 114 cm³/mol. The van der Waals surface area contributed by atoms with Crippen LogP contribution in [0.3, 0.4) is 0 Å². The van der Waals surface area contributed by atoms with Gasteiger partial charge in [-0.05, 0) is 44.0 Å². The van der Waals surface area contributed by atoms with Crippen molar-refractivity contribution in [1.29, 1.82) is 0 Å². The first-order valence-electron chi connectivity index (χ1n) is 9.06. The standard InChI is InChI=1S/C20H25N3O4S2/c1-13-12-28-20(22-13)16-11-19(14(2)23(16)3)29(24,25)21-9-8-15-6-7-17(26-4)18(10-15)27-5/h6-7,10-12,21H,8-9H2,1-5H3. The molecule has 9 heteroatoms. The second kappa shape index (κ2) is 8.56. The first-order valence-corrected chi connectivity index (χ1v) is 11.4. The molecule has 0 aliphatic rings. The lowest BCUT2D eigenvalue weighted by atomic mass is 10.1. The van der Waals surface area contributed by atoms with E-state index in [1.165, 1.54) is 11.3 Å². The van der Waals surface area contributed by atoms with Gasteiger partial charge in [0.25, 0.3) is 0 Å². The van der Waals surface area contributed by atoms with E-state index < -0.39 is 10.0 Å². The third kappa shape index (κ3) is 4.47. The number of sulfonamides is 1. The van der Waals surface area contributed by atoms with Crippen LogP contribution < -0.4 is 14.2 Å². The minimum Gasteiger partial charge on any atom is -0.493 e. The quantitative estimate of drug-likeness (QED) is 0.587. The molecule has 0 unspecified atom stereocenters. The normalized spacial score (nSPS) is 11.6. The van der Waals surface area contributed by atoms with E-state index >= 15 is 0 Å². The molecule has 1 aromatic carbocycles. The summed E-state index contributed by atoms with van der Waals surface area (Å²) in [4.78, 5) is 4.74.